The highest BCUT2D eigenvalue weighted by atomic mass is 35.5. The van der Waals surface area contributed by atoms with Gasteiger partial charge in [0.2, 0.25) is 5.88 Å². The van der Waals surface area contributed by atoms with Crippen LogP contribution in [0.5, 0.6) is 5.88 Å². The lowest BCUT2D eigenvalue weighted by Gasteiger charge is -2.38. The molecule has 1 fully saturated rings. The van der Waals surface area contributed by atoms with Gasteiger partial charge in [-0.05, 0) is 30.6 Å². The van der Waals surface area contributed by atoms with Crippen molar-refractivity contribution in [2.45, 2.75) is 46.1 Å². The van der Waals surface area contributed by atoms with E-state index in [1.165, 1.54) is 12.7 Å². The Kier molecular flexibility index (Phi) is 3.66. The van der Waals surface area contributed by atoms with Crippen LogP contribution in [0.4, 0.5) is 0 Å². The predicted molar refractivity (Wildman–Crippen MR) is 71.1 cm³/mol. The molecule has 0 amide bonds. The molecule has 1 aliphatic carbocycles. The monoisotopic (exact) mass is 270 g/mol. The van der Waals surface area contributed by atoms with Crippen molar-refractivity contribution < 1.29 is 4.74 Å². The zero-order valence-corrected chi connectivity index (χ0v) is 11.8. The third-order valence-electron chi connectivity index (χ3n) is 3.39. The zero-order valence-electron chi connectivity index (χ0n) is 11.0. The maximum absolute atomic E-state index is 11.4. The van der Waals surface area contributed by atoms with Gasteiger partial charge in [0.05, 0.1) is 6.33 Å². The number of ether oxygens (including phenoxy) is 1. The Labute approximate surface area is 112 Å². The summed E-state index contributed by atoms with van der Waals surface area (Å²) in [6.07, 6.45) is 4.54. The summed E-state index contributed by atoms with van der Waals surface area (Å²) in [6, 6.07) is 0. The highest BCUT2D eigenvalue weighted by Gasteiger charge is 2.33. The molecule has 100 valence electrons. The summed E-state index contributed by atoms with van der Waals surface area (Å²) >= 11 is 5.89. The molecule has 4 nitrogen and oxygen atoms in total. The fourth-order valence-corrected chi connectivity index (χ4v) is 3.10. The Morgan fingerprint density at radius 2 is 2.22 bits per heavy atom. The lowest BCUT2D eigenvalue weighted by atomic mass is 9.71. The second-order valence-electron chi connectivity index (χ2n) is 6.00. The van der Waals surface area contributed by atoms with Gasteiger partial charge < -0.3 is 9.72 Å². The first-order valence-corrected chi connectivity index (χ1v) is 6.65. The molecule has 1 heterocycles. The maximum Gasteiger partial charge on any atom is 0.273 e. The highest BCUT2D eigenvalue weighted by Crippen LogP contribution is 2.40. The van der Waals surface area contributed by atoms with Crippen LogP contribution >= 0.6 is 11.6 Å². The van der Waals surface area contributed by atoms with E-state index in [2.05, 4.69) is 30.7 Å². The molecule has 1 N–H and O–H groups in total. The predicted octanol–water partition coefficient (Wildman–Crippen LogP) is 3.02. The molecule has 1 aromatic heterocycles. The van der Waals surface area contributed by atoms with Gasteiger partial charge in [-0.15, -0.1) is 0 Å². The summed E-state index contributed by atoms with van der Waals surface area (Å²) in [4.78, 5) is 17.8. The first kappa shape index (κ1) is 13.4. The normalized spacial score (nSPS) is 26.9. The quantitative estimate of drug-likeness (QED) is 0.899. The molecule has 0 saturated heterocycles. The van der Waals surface area contributed by atoms with Crippen molar-refractivity contribution in [3.63, 3.8) is 0 Å². The van der Waals surface area contributed by atoms with E-state index in [9.17, 15) is 4.79 Å². The van der Waals surface area contributed by atoms with Gasteiger partial charge in [0.25, 0.3) is 5.56 Å². The molecule has 2 atom stereocenters. The van der Waals surface area contributed by atoms with E-state index < -0.39 is 0 Å². The first-order chi connectivity index (χ1) is 8.37. The van der Waals surface area contributed by atoms with E-state index in [-0.39, 0.29) is 28.0 Å². The lowest BCUT2D eigenvalue weighted by molar-refractivity contribution is 0.0531. The van der Waals surface area contributed by atoms with E-state index >= 15 is 0 Å². The Morgan fingerprint density at radius 3 is 2.89 bits per heavy atom. The van der Waals surface area contributed by atoms with E-state index in [4.69, 9.17) is 16.3 Å². The Balaban J connectivity index is 2.14. The first-order valence-electron chi connectivity index (χ1n) is 6.27. The number of hydrogen-bond donors (Lipinski definition) is 1. The van der Waals surface area contributed by atoms with Gasteiger partial charge in [-0.2, -0.15) is 0 Å². The van der Waals surface area contributed by atoms with Crippen LogP contribution < -0.4 is 10.3 Å². The van der Waals surface area contributed by atoms with Crippen LogP contribution in [0.2, 0.25) is 5.02 Å². The zero-order chi connectivity index (χ0) is 13.3. The summed E-state index contributed by atoms with van der Waals surface area (Å²) in [5.74, 6) is 0.856. The number of H-pyrrole nitrogens is 1. The topological polar surface area (TPSA) is 55.0 Å². The average molecular weight is 271 g/mol. The van der Waals surface area contributed by atoms with Gasteiger partial charge in [-0.1, -0.05) is 32.4 Å². The highest BCUT2D eigenvalue weighted by molar-refractivity contribution is 6.31. The van der Waals surface area contributed by atoms with Crippen LogP contribution in [-0.4, -0.2) is 16.1 Å². The second-order valence-corrected chi connectivity index (χ2v) is 6.38. The summed E-state index contributed by atoms with van der Waals surface area (Å²) in [6.45, 7) is 6.71. The number of aromatic amines is 1. The molecular weight excluding hydrogens is 252 g/mol. The van der Waals surface area contributed by atoms with Crippen molar-refractivity contribution in [3.05, 3.63) is 21.7 Å². The molecule has 0 aromatic carbocycles. The number of nitrogens with one attached hydrogen (secondary N) is 1. The largest absolute Gasteiger partial charge is 0.473 e. The number of hydrogen-bond acceptors (Lipinski definition) is 3. The minimum atomic E-state index is -0.357. The van der Waals surface area contributed by atoms with Gasteiger partial charge in [0.15, 0.2) is 5.02 Å². The van der Waals surface area contributed by atoms with Crippen molar-refractivity contribution in [1.82, 2.24) is 9.97 Å². The van der Waals surface area contributed by atoms with Crippen LogP contribution in [0.25, 0.3) is 0 Å². The van der Waals surface area contributed by atoms with Gasteiger partial charge in [0, 0.05) is 0 Å². The average Bonchev–Trinajstić information content (AvgIpc) is 2.22. The van der Waals surface area contributed by atoms with Gasteiger partial charge in [-0.25, -0.2) is 4.98 Å². The molecule has 5 heteroatoms. The number of nitrogens with zero attached hydrogens (tertiary/aromatic N) is 1. The van der Waals surface area contributed by atoms with Gasteiger partial charge in [-0.3, -0.25) is 4.79 Å². The van der Waals surface area contributed by atoms with Crippen LogP contribution in [0.3, 0.4) is 0 Å². The van der Waals surface area contributed by atoms with Crippen molar-refractivity contribution in [3.8, 4) is 5.88 Å². The molecule has 1 aliphatic rings. The van der Waals surface area contributed by atoms with Crippen molar-refractivity contribution in [2.24, 2.45) is 11.3 Å². The van der Waals surface area contributed by atoms with Crippen LogP contribution in [0, 0.1) is 11.3 Å². The smallest absolute Gasteiger partial charge is 0.273 e. The molecule has 2 rings (SSSR count). The Morgan fingerprint density at radius 1 is 1.50 bits per heavy atom. The second kappa shape index (κ2) is 4.92. The SMILES string of the molecule is CC1CC(Oc2nc[nH]c(=O)c2Cl)CC(C)(C)C1. The summed E-state index contributed by atoms with van der Waals surface area (Å²) < 4.78 is 5.81. The molecule has 18 heavy (non-hydrogen) atoms. The summed E-state index contributed by atoms with van der Waals surface area (Å²) in [7, 11) is 0. The van der Waals surface area contributed by atoms with Gasteiger partial charge in [0.1, 0.15) is 6.10 Å². The summed E-state index contributed by atoms with van der Waals surface area (Å²) in [5.41, 5.74) is -0.0968. The molecule has 1 aromatic rings. The van der Waals surface area contributed by atoms with Crippen molar-refractivity contribution in [1.29, 1.82) is 0 Å². The molecule has 0 bridgehead atoms. The standard InChI is InChI=1S/C13H19ClN2O2/c1-8-4-9(6-13(2,3)5-8)18-12-10(14)11(17)15-7-16-12/h7-9H,4-6H2,1-3H3,(H,15,16,17). The minimum absolute atomic E-state index is 0.0357. The van der Waals surface area contributed by atoms with Crippen LogP contribution in [0.15, 0.2) is 11.1 Å². The third kappa shape index (κ3) is 3.05. The van der Waals surface area contributed by atoms with E-state index in [0.29, 0.717) is 5.92 Å². The third-order valence-corrected chi connectivity index (χ3v) is 3.72. The minimum Gasteiger partial charge on any atom is -0.473 e. The molecule has 0 radical (unpaired) electrons. The van der Waals surface area contributed by atoms with E-state index in [1.54, 1.807) is 0 Å². The van der Waals surface area contributed by atoms with Crippen LogP contribution in [0.1, 0.15) is 40.0 Å². The fourth-order valence-electron chi connectivity index (χ4n) is 2.95. The molecule has 1 saturated carbocycles. The maximum atomic E-state index is 11.4. The molecule has 2 unspecified atom stereocenters. The lowest BCUT2D eigenvalue weighted by Crippen LogP contribution is -2.34. The van der Waals surface area contributed by atoms with E-state index in [0.717, 1.165) is 12.8 Å². The molecule has 0 aliphatic heterocycles. The molecular formula is C13H19ClN2O2. The fraction of sp³-hybridized carbons (Fsp3) is 0.692. The summed E-state index contributed by atoms with van der Waals surface area (Å²) in [5, 5.41) is 0.0357. The Bertz CT molecular complexity index is 484. The number of rotatable bonds is 2. The Hall–Kier alpha value is -1.03. The van der Waals surface area contributed by atoms with Gasteiger partial charge >= 0.3 is 0 Å². The molecule has 0 spiro atoms. The van der Waals surface area contributed by atoms with Crippen LogP contribution in [-0.2, 0) is 0 Å². The number of halogens is 1. The van der Waals surface area contributed by atoms with E-state index in [1.807, 2.05) is 0 Å². The van der Waals surface area contributed by atoms with Crippen molar-refractivity contribution >= 4 is 11.6 Å². The number of aromatic nitrogens is 2. The van der Waals surface area contributed by atoms with Crippen molar-refractivity contribution in [2.75, 3.05) is 0 Å².